The smallest absolute Gasteiger partial charge is 0.213 e. The number of ether oxygens (including phenoxy) is 1. The third-order valence-corrected chi connectivity index (χ3v) is 9.58. The Morgan fingerprint density at radius 1 is 1.26 bits per heavy atom. The van der Waals surface area contributed by atoms with E-state index in [-0.39, 0.29) is 24.0 Å². The highest BCUT2D eigenvalue weighted by molar-refractivity contribution is 7.89. The maximum atomic E-state index is 12.9. The van der Waals surface area contributed by atoms with Gasteiger partial charge in [-0.05, 0) is 81.0 Å². The number of benzene rings is 2. The summed E-state index contributed by atoms with van der Waals surface area (Å²) in [5.41, 5.74) is 11.1. The fraction of sp³-hybridized carbons (Fsp3) is 0.464. The van der Waals surface area contributed by atoms with Crippen LogP contribution in [-0.2, 0) is 16.4 Å². The SMILES string of the molecule is CC(C)Oc1ccc(-c2ncc(-c3cccc4c3CC[C@@H]4NS(=O)(=O)CCN3CCC[C@H](O)C3)s2)cc1N. The highest BCUT2D eigenvalue weighted by atomic mass is 32.2. The molecule has 0 bridgehead atoms. The van der Waals surface area contributed by atoms with Crippen LogP contribution in [0.2, 0.25) is 0 Å². The molecule has 0 saturated carbocycles. The molecule has 2 heterocycles. The summed E-state index contributed by atoms with van der Waals surface area (Å²) < 4.78 is 34.5. The number of fused-ring (bicyclic) bond motifs is 1. The number of rotatable bonds is 9. The Balaban J connectivity index is 1.29. The minimum atomic E-state index is -3.45. The van der Waals surface area contributed by atoms with Crippen LogP contribution in [-0.4, -0.2) is 61.0 Å². The zero-order valence-electron chi connectivity index (χ0n) is 21.9. The number of aromatic nitrogens is 1. The number of nitrogens with one attached hydrogen (secondary N) is 1. The van der Waals surface area contributed by atoms with Crippen LogP contribution in [0.4, 0.5) is 5.69 Å². The first-order valence-corrected chi connectivity index (χ1v) is 15.7. The highest BCUT2D eigenvalue weighted by Crippen LogP contribution is 2.41. The van der Waals surface area contributed by atoms with Crippen molar-refractivity contribution in [2.45, 2.75) is 57.8 Å². The summed E-state index contributed by atoms with van der Waals surface area (Å²) in [5.74, 6) is 0.705. The number of β-amino-alcohol motifs (C(OH)–C–C–N with tert-alkyl or cyclic N) is 1. The van der Waals surface area contributed by atoms with E-state index in [1.54, 1.807) is 11.3 Å². The number of nitrogen functional groups attached to an aromatic ring is 1. The second-order valence-corrected chi connectivity index (χ2v) is 13.4. The van der Waals surface area contributed by atoms with Crippen LogP contribution in [0.25, 0.3) is 21.0 Å². The molecule has 8 nitrogen and oxygen atoms in total. The molecule has 2 atom stereocenters. The number of likely N-dealkylation sites (tertiary alicyclic amines) is 1. The lowest BCUT2D eigenvalue weighted by Gasteiger charge is -2.29. The van der Waals surface area contributed by atoms with Gasteiger partial charge in [0.2, 0.25) is 10.0 Å². The molecule has 2 aliphatic rings. The molecular weight excluding hydrogens is 520 g/mol. The molecule has 0 radical (unpaired) electrons. The second kappa shape index (κ2) is 11.3. The van der Waals surface area contributed by atoms with E-state index in [1.807, 2.05) is 55.3 Å². The molecular formula is C28H36N4O4S2. The van der Waals surface area contributed by atoms with Crippen molar-refractivity contribution in [3.8, 4) is 26.8 Å². The average molecular weight is 557 g/mol. The minimum Gasteiger partial charge on any atom is -0.489 e. The minimum absolute atomic E-state index is 0.0353. The predicted octanol–water partition coefficient (Wildman–Crippen LogP) is 4.21. The van der Waals surface area contributed by atoms with Gasteiger partial charge in [0.1, 0.15) is 10.8 Å². The molecule has 204 valence electrons. The van der Waals surface area contributed by atoms with Crippen LogP contribution in [0.15, 0.2) is 42.6 Å². The van der Waals surface area contributed by atoms with Crippen molar-refractivity contribution in [2.24, 2.45) is 0 Å². The van der Waals surface area contributed by atoms with Crippen LogP contribution in [0.3, 0.4) is 0 Å². The first-order valence-electron chi connectivity index (χ1n) is 13.2. The molecule has 38 heavy (non-hydrogen) atoms. The van der Waals surface area contributed by atoms with E-state index >= 15 is 0 Å². The molecule has 3 aromatic rings. The van der Waals surface area contributed by atoms with E-state index in [2.05, 4.69) is 15.8 Å². The van der Waals surface area contributed by atoms with Crippen LogP contribution < -0.4 is 15.2 Å². The zero-order chi connectivity index (χ0) is 26.9. The number of aliphatic hydroxyl groups excluding tert-OH is 1. The van der Waals surface area contributed by atoms with E-state index in [9.17, 15) is 13.5 Å². The summed E-state index contributed by atoms with van der Waals surface area (Å²) >= 11 is 1.60. The van der Waals surface area contributed by atoms with Gasteiger partial charge >= 0.3 is 0 Å². The first kappa shape index (κ1) is 27.1. The molecule has 5 rings (SSSR count). The lowest BCUT2D eigenvalue weighted by molar-refractivity contribution is 0.0740. The van der Waals surface area contributed by atoms with Gasteiger partial charge in [-0.15, -0.1) is 11.3 Å². The quantitative estimate of drug-likeness (QED) is 0.338. The number of piperidine rings is 1. The van der Waals surface area contributed by atoms with Gasteiger partial charge in [-0.2, -0.15) is 0 Å². The number of hydrogen-bond acceptors (Lipinski definition) is 8. The van der Waals surface area contributed by atoms with Crippen molar-refractivity contribution in [3.05, 3.63) is 53.7 Å². The van der Waals surface area contributed by atoms with Crippen molar-refractivity contribution in [1.82, 2.24) is 14.6 Å². The van der Waals surface area contributed by atoms with Gasteiger partial charge in [0.05, 0.1) is 28.5 Å². The average Bonchev–Trinajstić information content (AvgIpc) is 3.52. The Kier molecular flexibility index (Phi) is 8.06. The first-order chi connectivity index (χ1) is 18.2. The van der Waals surface area contributed by atoms with E-state index in [4.69, 9.17) is 10.5 Å². The van der Waals surface area contributed by atoms with Crippen LogP contribution in [0.1, 0.15) is 50.3 Å². The van der Waals surface area contributed by atoms with Crippen LogP contribution in [0, 0.1) is 0 Å². The number of nitrogens with two attached hydrogens (primary N) is 1. The Labute approximate surface area is 228 Å². The molecule has 1 aliphatic heterocycles. The number of anilines is 1. The van der Waals surface area contributed by atoms with E-state index in [0.717, 1.165) is 58.8 Å². The number of aliphatic hydroxyl groups is 1. The Morgan fingerprint density at radius 2 is 2.11 bits per heavy atom. The maximum Gasteiger partial charge on any atom is 0.213 e. The largest absolute Gasteiger partial charge is 0.489 e. The molecule has 1 fully saturated rings. The van der Waals surface area contributed by atoms with E-state index in [0.29, 0.717) is 24.5 Å². The normalized spacial score (nSPS) is 20.1. The van der Waals surface area contributed by atoms with Crippen LogP contribution >= 0.6 is 11.3 Å². The molecule has 2 aromatic carbocycles. The molecule has 0 unspecified atom stereocenters. The van der Waals surface area contributed by atoms with E-state index in [1.165, 1.54) is 5.56 Å². The lowest BCUT2D eigenvalue weighted by Crippen LogP contribution is -2.42. The molecule has 1 saturated heterocycles. The third kappa shape index (κ3) is 6.21. The van der Waals surface area contributed by atoms with Crippen molar-refractivity contribution >= 4 is 27.0 Å². The van der Waals surface area contributed by atoms with Crippen LogP contribution in [0.5, 0.6) is 5.75 Å². The number of thiazole rings is 1. The Hall–Kier alpha value is -2.50. The van der Waals surface area contributed by atoms with Gasteiger partial charge in [0.25, 0.3) is 0 Å². The topological polar surface area (TPSA) is 118 Å². The van der Waals surface area contributed by atoms with Crippen molar-refractivity contribution in [3.63, 3.8) is 0 Å². The maximum absolute atomic E-state index is 12.9. The lowest BCUT2D eigenvalue weighted by atomic mass is 10.0. The third-order valence-electron chi connectivity index (χ3n) is 7.14. The monoisotopic (exact) mass is 556 g/mol. The summed E-state index contributed by atoms with van der Waals surface area (Å²) in [6, 6.07) is 11.6. The molecule has 1 aromatic heterocycles. The number of nitrogens with zero attached hydrogens (tertiary/aromatic N) is 2. The molecule has 0 amide bonds. The Morgan fingerprint density at radius 3 is 2.87 bits per heavy atom. The van der Waals surface area contributed by atoms with Gasteiger partial charge in [0.15, 0.2) is 0 Å². The Bertz CT molecular complexity index is 1390. The summed E-state index contributed by atoms with van der Waals surface area (Å²) in [7, 11) is -3.45. The van der Waals surface area contributed by atoms with Gasteiger partial charge in [0, 0.05) is 30.9 Å². The van der Waals surface area contributed by atoms with Crippen molar-refractivity contribution < 1.29 is 18.3 Å². The molecule has 10 heteroatoms. The van der Waals surface area contributed by atoms with Gasteiger partial charge in [-0.1, -0.05) is 18.2 Å². The summed E-state index contributed by atoms with van der Waals surface area (Å²) in [4.78, 5) is 7.74. The number of hydrogen-bond donors (Lipinski definition) is 3. The molecule has 0 spiro atoms. The highest BCUT2D eigenvalue weighted by Gasteiger charge is 2.29. The van der Waals surface area contributed by atoms with Gasteiger partial charge < -0.3 is 15.6 Å². The van der Waals surface area contributed by atoms with Crippen molar-refractivity contribution in [1.29, 1.82) is 0 Å². The fourth-order valence-corrected chi connectivity index (χ4v) is 7.60. The zero-order valence-corrected chi connectivity index (χ0v) is 23.5. The van der Waals surface area contributed by atoms with Gasteiger partial charge in [-0.3, -0.25) is 4.90 Å². The summed E-state index contributed by atoms with van der Waals surface area (Å²) in [5, 5.41) is 10.7. The molecule has 4 N–H and O–H groups in total. The second-order valence-electron chi connectivity index (χ2n) is 10.4. The van der Waals surface area contributed by atoms with Crippen molar-refractivity contribution in [2.75, 3.05) is 31.1 Å². The number of sulfonamides is 1. The predicted molar refractivity (Wildman–Crippen MR) is 153 cm³/mol. The fourth-order valence-electron chi connectivity index (χ4n) is 5.34. The molecule has 1 aliphatic carbocycles. The summed E-state index contributed by atoms with van der Waals surface area (Å²) in [6.07, 6.45) is 4.80. The summed E-state index contributed by atoms with van der Waals surface area (Å²) in [6.45, 7) is 5.75. The van der Waals surface area contributed by atoms with E-state index < -0.39 is 10.0 Å². The standard InChI is InChI=1S/C28H36N4O4S2/c1-18(2)36-26-11-8-19(15-24(26)29)28-30-16-27(37-28)23-7-3-6-22-21(23)9-10-25(22)31-38(34,35)14-13-32-12-4-5-20(33)17-32/h3,6-8,11,15-16,18,20,25,31,33H,4-5,9-10,12-14,17,29H2,1-2H3/t20-,25-/m0/s1. The van der Waals surface area contributed by atoms with Gasteiger partial charge in [-0.25, -0.2) is 18.1 Å².